The Kier molecular flexibility index (Phi) is 4.79. The van der Waals surface area contributed by atoms with E-state index in [0.29, 0.717) is 0 Å². The highest BCUT2D eigenvalue weighted by Gasteiger charge is 2.12. The van der Waals surface area contributed by atoms with E-state index < -0.39 is 0 Å². The number of hydrogen-bond donors (Lipinski definition) is 2. The number of hydrogen-bond acceptors (Lipinski definition) is 4. The van der Waals surface area contributed by atoms with Crippen LogP contribution in [0.4, 0.5) is 0 Å². The Morgan fingerprint density at radius 3 is 3.00 bits per heavy atom. The zero-order valence-electron chi connectivity index (χ0n) is 9.30. The standard InChI is InChI=1S/C11H21N3S/c1-5-13-11(15-9-1)14-8-4-10-2-6-12-7-3-10/h10,12H,1-9H2,(H,13,14). The molecule has 2 aliphatic rings. The van der Waals surface area contributed by atoms with Crippen molar-refractivity contribution >= 4 is 16.9 Å². The Hall–Kier alpha value is -0.220. The molecule has 0 spiro atoms. The molecular weight excluding hydrogens is 206 g/mol. The first-order valence-electron chi connectivity index (χ1n) is 6.07. The lowest BCUT2D eigenvalue weighted by Crippen LogP contribution is -2.31. The normalized spacial score (nSPS) is 23.6. The van der Waals surface area contributed by atoms with Crippen molar-refractivity contribution < 1.29 is 0 Å². The van der Waals surface area contributed by atoms with Crippen LogP contribution in [-0.4, -0.2) is 37.1 Å². The molecule has 1 fully saturated rings. The van der Waals surface area contributed by atoms with Crippen LogP contribution < -0.4 is 10.6 Å². The summed E-state index contributed by atoms with van der Waals surface area (Å²) in [7, 11) is 0. The summed E-state index contributed by atoms with van der Waals surface area (Å²) < 4.78 is 0. The van der Waals surface area contributed by atoms with Gasteiger partial charge in [0.15, 0.2) is 5.17 Å². The second-order valence-corrected chi connectivity index (χ2v) is 5.38. The first kappa shape index (κ1) is 11.3. The molecule has 0 saturated carbocycles. The number of piperidine rings is 1. The van der Waals surface area contributed by atoms with E-state index in [9.17, 15) is 0 Å². The summed E-state index contributed by atoms with van der Waals surface area (Å²) >= 11 is 1.88. The van der Waals surface area contributed by atoms with Crippen molar-refractivity contribution in [3.8, 4) is 0 Å². The van der Waals surface area contributed by atoms with Crippen LogP contribution in [-0.2, 0) is 0 Å². The summed E-state index contributed by atoms with van der Waals surface area (Å²) in [5, 5.41) is 8.04. The van der Waals surface area contributed by atoms with Crippen molar-refractivity contribution in [1.29, 1.82) is 0 Å². The summed E-state index contributed by atoms with van der Waals surface area (Å²) in [5.41, 5.74) is 0. The van der Waals surface area contributed by atoms with Crippen LogP contribution in [0.15, 0.2) is 4.99 Å². The molecule has 0 aliphatic carbocycles. The average molecular weight is 227 g/mol. The van der Waals surface area contributed by atoms with E-state index in [-0.39, 0.29) is 0 Å². The zero-order valence-corrected chi connectivity index (χ0v) is 10.1. The van der Waals surface area contributed by atoms with Gasteiger partial charge in [-0.15, -0.1) is 0 Å². The predicted molar refractivity (Wildman–Crippen MR) is 67.6 cm³/mol. The molecular formula is C11H21N3S. The maximum absolute atomic E-state index is 4.47. The molecule has 1 saturated heterocycles. The Morgan fingerprint density at radius 1 is 1.40 bits per heavy atom. The minimum atomic E-state index is 0.924. The van der Waals surface area contributed by atoms with Gasteiger partial charge in [0.1, 0.15) is 0 Å². The lowest BCUT2D eigenvalue weighted by molar-refractivity contribution is 0.354. The van der Waals surface area contributed by atoms with Crippen molar-refractivity contribution in [3.05, 3.63) is 0 Å². The van der Waals surface area contributed by atoms with Crippen LogP contribution in [0.5, 0.6) is 0 Å². The molecule has 15 heavy (non-hydrogen) atoms. The fourth-order valence-corrected chi connectivity index (χ4v) is 2.97. The van der Waals surface area contributed by atoms with Crippen LogP contribution in [0.3, 0.4) is 0 Å². The van der Waals surface area contributed by atoms with Crippen LogP contribution in [0.1, 0.15) is 25.7 Å². The number of amidine groups is 1. The topological polar surface area (TPSA) is 36.4 Å². The fraction of sp³-hybridized carbons (Fsp3) is 0.909. The number of nitrogens with zero attached hydrogens (tertiary/aromatic N) is 1. The monoisotopic (exact) mass is 227 g/mol. The summed E-state index contributed by atoms with van der Waals surface area (Å²) in [6.45, 7) is 4.54. The summed E-state index contributed by atoms with van der Waals surface area (Å²) in [6, 6.07) is 0. The van der Waals surface area contributed by atoms with Crippen LogP contribution in [0.25, 0.3) is 0 Å². The highest BCUT2D eigenvalue weighted by molar-refractivity contribution is 8.13. The van der Waals surface area contributed by atoms with Gasteiger partial charge < -0.3 is 10.6 Å². The van der Waals surface area contributed by atoms with Crippen molar-refractivity contribution in [2.24, 2.45) is 10.9 Å². The number of thioether (sulfide) groups is 1. The third-order valence-electron chi connectivity index (χ3n) is 3.08. The molecule has 0 aromatic carbocycles. The van der Waals surface area contributed by atoms with E-state index in [1.165, 1.54) is 49.7 Å². The molecule has 2 heterocycles. The van der Waals surface area contributed by atoms with Gasteiger partial charge in [0.2, 0.25) is 0 Å². The Morgan fingerprint density at radius 2 is 2.27 bits per heavy atom. The van der Waals surface area contributed by atoms with Gasteiger partial charge in [0.05, 0.1) is 0 Å². The number of nitrogens with one attached hydrogen (secondary N) is 2. The van der Waals surface area contributed by atoms with E-state index in [0.717, 1.165) is 19.0 Å². The quantitative estimate of drug-likeness (QED) is 0.766. The smallest absolute Gasteiger partial charge is 0.156 e. The number of rotatable bonds is 3. The second-order valence-electron chi connectivity index (χ2n) is 4.30. The molecule has 2 aliphatic heterocycles. The maximum atomic E-state index is 4.47. The molecule has 4 heteroatoms. The van der Waals surface area contributed by atoms with Gasteiger partial charge in [-0.25, -0.2) is 0 Å². The molecule has 0 amide bonds. The minimum absolute atomic E-state index is 0.924. The summed E-state index contributed by atoms with van der Waals surface area (Å²) in [4.78, 5) is 4.47. The lowest BCUT2D eigenvalue weighted by Gasteiger charge is -2.23. The van der Waals surface area contributed by atoms with Crippen molar-refractivity contribution in [2.75, 3.05) is 31.9 Å². The van der Waals surface area contributed by atoms with Crippen LogP contribution in [0.2, 0.25) is 0 Å². The van der Waals surface area contributed by atoms with Crippen molar-refractivity contribution in [3.63, 3.8) is 0 Å². The van der Waals surface area contributed by atoms with Gasteiger partial charge in [-0.3, -0.25) is 4.99 Å². The summed E-state index contributed by atoms with van der Waals surface area (Å²) in [5.74, 6) is 2.16. The molecule has 2 rings (SSSR count). The third kappa shape index (κ3) is 4.03. The molecule has 0 atom stereocenters. The largest absolute Gasteiger partial charge is 0.365 e. The molecule has 86 valence electrons. The van der Waals surface area contributed by atoms with Gasteiger partial charge >= 0.3 is 0 Å². The lowest BCUT2D eigenvalue weighted by atomic mass is 9.95. The second kappa shape index (κ2) is 6.38. The zero-order chi connectivity index (χ0) is 10.3. The highest BCUT2D eigenvalue weighted by atomic mass is 32.2. The molecule has 0 aromatic rings. The minimum Gasteiger partial charge on any atom is -0.365 e. The first-order valence-corrected chi connectivity index (χ1v) is 7.05. The van der Waals surface area contributed by atoms with Gasteiger partial charge in [0, 0.05) is 18.8 Å². The van der Waals surface area contributed by atoms with Crippen molar-refractivity contribution in [1.82, 2.24) is 10.6 Å². The average Bonchev–Trinajstić information content (AvgIpc) is 2.32. The SMILES string of the molecule is C1CN=C(NCCC2CCNCC2)SC1. The van der Waals surface area contributed by atoms with Gasteiger partial charge in [-0.1, -0.05) is 11.8 Å². The van der Waals surface area contributed by atoms with Crippen LogP contribution >= 0.6 is 11.8 Å². The van der Waals surface area contributed by atoms with E-state index in [4.69, 9.17) is 0 Å². The molecule has 0 radical (unpaired) electrons. The summed E-state index contributed by atoms with van der Waals surface area (Å²) in [6.07, 6.45) is 5.24. The fourth-order valence-electron chi connectivity index (χ4n) is 2.12. The van der Waals surface area contributed by atoms with Gasteiger partial charge in [0.25, 0.3) is 0 Å². The molecule has 3 nitrogen and oxygen atoms in total. The Bertz CT molecular complexity index is 212. The first-order chi connectivity index (χ1) is 7.45. The molecule has 0 bridgehead atoms. The molecule has 0 aromatic heterocycles. The Labute approximate surface area is 96.5 Å². The van der Waals surface area contributed by atoms with E-state index >= 15 is 0 Å². The Balaban J connectivity index is 1.59. The molecule has 2 N–H and O–H groups in total. The highest BCUT2D eigenvalue weighted by Crippen LogP contribution is 2.15. The van der Waals surface area contributed by atoms with Gasteiger partial charge in [-0.2, -0.15) is 0 Å². The maximum Gasteiger partial charge on any atom is 0.156 e. The van der Waals surface area contributed by atoms with Crippen molar-refractivity contribution in [2.45, 2.75) is 25.7 Å². The molecule has 0 unspecified atom stereocenters. The third-order valence-corrected chi connectivity index (χ3v) is 4.12. The van der Waals surface area contributed by atoms with E-state index in [1.807, 2.05) is 11.8 Å². The van der Waals surface area contributed by atoms with Crippen LogP contribution in [0, 0.1) is 5.92 Å². The predicted octanol–water partition coefficient (Wildman–Crippen LogP) is 1.46. The van der Waals surface area contributed by atoms with E-state index in [2.05, 4.69) is 15.6 Å². The van der Waals surface area contributed by atoms with Gasteiger partial charge in [-0.05, 0) is 44.7 Å². The van der Waals surface area contributed by atoms with E-state index in [1.54, 1.807) is 0 Å². The number of aliphatic imine (C=N–C) groups is 1.